The third-order valence-electron chi connectivity index (χ3n) is 4.24. The molecule has 0 aliphatic carbocycles. The van der Waals surface area contributed by atoms with E-state index in [1.54, 1.807) is 23.9 Å². The molecule has 0 saturated carbocycles. The van der Waals surface area contributed by atoms with Crippen molar-refractivity contribution < 1.29 is 9.26 Å². The van der Waals surface area contributed by atoms with Crippen molar-refractivity contribution in [2.24, 2.45) is 0 Å². The molecule has 5 rings (SSSR count). The Hall–Kier alpha value is -3.88. The Morgan fingerprint density at radius 1 is 1.04 bits per heavy atom. The van der Waals surface area contributed by atoms with Gasteiger partial charge in [-0.25, -0.2) is 0 Å². The molecule has 27 heavy (non-hydrogen) atoms. The molecular formula is C18H13N7O2. The summed E-state index contributed by atoms with van der Waals surface area (Å²) in [4.78, 5) is 0. The first-order valence-electron chi connectivity index (χ1n) is 8.20. The summed E-state index contributed by atoms with van der Waals surface area (Å²) in [6.07, 6.45) is 1.61. The van der Waals surface area contributed by atoms with Crippen LogP contribution in [0.5, 0.6) is 5.75 Å². The summed E-state index contributed by atoms with van der Waals surface area (Å²) in [7, 11) is 1.62. The van der Waals surface area contributed by atoms with E-state index in [2.05, 4.69) is 25.6 Å². The van der Waals surface area contributed by atoms with Crippen molar-refractivity contribution >= 4 is 16.4 Å². The molecule has 0 N–H and O–H groups in total. The summed E-state index contributed by atoms with van der Waals surface area (Å²) >= 11 is 0. The molecule has 4 heterocycles. The summed E-state index contributed by atoms with van der Waals surface area (Å²) in [5.74, 6) is 1.83. The Labute approximate surface area is 152 Å². The molecular weight excluding hydrogens is 346 g/mol. The molecule has 132 valence electrons. The van der Waals surface area contributed by atoms with Crippen LogP contribution in [-0.2, 0) is 0 Å². The average Bonchev–Trinajstić information content (AvgIpc) is 3.33. The third-order valence-corrected chi connectivity index (χ3v) is 4.24. The van der Waals surface area contributed by atoms with Gasteiger partial charge in [-0.3, -0.25) is 0 Å². The van der Waals surface area contributed by atoms with Gasteiger partial charge in [0.25, 0.3) is 0 Å². The zero-order valence-corrected chi connectivity index (χ0v) is 14.5. The zero-order valence-electron chi connectivity index (χ0n) is 14.5. The van der Waals surface area contributed by atoms with E-state index in [-0.39, 0.29) is 0 Å². The van der Waals surface area contributed by atoms with Gasteiger partial charge in [-0.15, -0.1) is 15.3 Å². The standard InChI is InChI=1S/C18H13N7O2/c1-10-9-13(24-27-10)18-22-21-17-11-5-3-7-14(26-2)15(11)16(23-25(17)18)12-6-4-8-19-20-12/h3-9H,1-2H3. The lowest BCUT2D eigenvalue weighted by Crippen LogP contribution is -2.02. The van der Waals surface area contributed by atoms with E-state index in [0.29, 0.717) is 40.1 Å². The number of aromatic nitrogens is 7. The molecule has 5 aromatic rings. The van der Waals surface area contributed by atoms with Gasteiger partial charge in [-0.2, -0.15) is 14.7 Å². The van der Waals surface area contributed by atoms with E-state index in [9.17, 15) is 0 Å². The van der Waals surface area contributed by atoms with E-state index in [4.69, 9.17) is 14.4 Å². The Kier molecular flexibility index (Phi) is 3.32. The molecule has 0 radical (unpaired) electrons. The summed E-state index contributed by atoms with van der Waals surface area (Å²) in [5.41, 5.74) is 2.38. The Bertz CT molecular complexity index is 1280. The number of aryl methyl sites for hydroxylation is 1. The third kappa shape index (κ3) is 2.32. The van der Waals surface area contributed by atoms with Gasteiger partial charge in [0.15, 0.2) is 11.3 Å². The zero-order chi connectivity index (χ0) is 18.4. The smallest absolute Gasteiger partial charge is 0.207 e. The number of ether oxygens (including phenoxy) is 1. The van der Waals surface area contributed by atoms with Gasteiger partial charge in [0.1, 0.15) is 22.9 Å². The maximum atomic E-state index is 5.56. The van der Waals surface area contributed by atoms with Gasteiger partial charge in [-0.1, -0.05) is 17.3 Å². The highest BCUT2D eigenvalue weighted by atomic mass is 16.5. The molecule has 0 spiro atoms. The van der Waals surface area contributed by atoms with Crippen LogP contribution in [0.4, 0.5) is 0 Å². The quantitative estimate of drug-likeness (QED) is 0.484. The second kappa shape index (κ2) is 5.84. The molecule has 0 amide bonds. The first-order valence-corrected chi connectivity index (χ1v) is 8.20. The van der Waals surface area contributed by atoms with Crippen LogP contribution in [0.3, 0.4) is 0 Å². The highest BCUT2D eigenvalue weighted by molar-refractivity contribution is 6.05. The number of hydrogen-bond acceptors (Lipinski definition) is 8. The predicted molar refractivity (Wildman–Crippen MR) is 96.1 cm³/mol. The minimum Gasteiger partial charge on any atom is -0.496 e. The van der Waals surface area contributed by atoms with Crippen molar-refractivity contribution in [3.05, 3.63) is 48.4 Å². The van der Waals surface area contributed by atoms with E-state index in [0.717, 1.165) is 10.8 Å². The number of nitrogens with zero attached hydrogens (tertiary/aromatic N) is 7. The van der Waals surface area contributed by atoms with Crippen LogP contribution >= 0.6 is 0 Å². The van der Waals surface area contributed by atoms with Crippen LogP contribution in [0.1, 0.15) is 5.76 Å². The van der Waals surface area contributed by atoms with Gasteiger partial charge in [0, 0.05) is 17.6 Å². The number of methoxy groups -OCH3 is 1. The van der Waals surface area contributed by atoms with Gasteiger partial charge in [-0.05, 0) is 25.1 Å². The van der Waals surface area contributed by atoms with Crippen LogP contribution < -0.4 is 4.74 Å². The summed E-state index contributed by atoms with van der Waals surface area (Å²) in [6, 6.07) is 11.2. The largest absolute Gasteiger partial charge is 0.496 e. The number of benzene rings is 1. The van der Waals surface area contributed by atoms with Crippen molar-refractivity contribution in [3.63, 3.8) is 0 Å². The minimum absolute atomic E-state index is 0.483. The van der Waals surface area contributed by atoms with Crippen molar-refractivity contribution in [2.45, 2.75) is 6.92 Å². The SMILES string of the molecule is COc1cccc2c1c(-c1cccnn1)nn1c(-c3cc(C)on3)nnc21. The lowest BCUT2D eigenvalue weighted by atomic mass is 10.1. The summed E-state index contributed by atoms with van der Waals surface area (Å²) in [5, 5.41) is 27.2. The van der Waals surface area contributed by atoms with Crippen LogP contribution in [0.2, 0.25) is 0 Å². The number of hydrogen-bond donors (Lipinski definition) is 0. The van der Waals surface area contributed by atoms with Crippen molar-refractivity contribution in [1.29, 1.82) is 0 Å². The predicted octanol–water partition coefficient (Wildman–Crippen LogP) is 2.71. The molecule has 4 aromatic heterocycles. The van der Waals surface area contributed by atoms with E-state index < -0.39 is 0 Å². The van der Waals surface area contributed by atoms with Crippen LogP contribution in [0, 0.1) is 6.92 Å². The lowest BCUT2D eigenvalue weighted by molar-refractivity contribution is 0.399. The van der Waals surface area contributed by atoms with Crippen LogP contribution in [0.25, 0.3) is 39.3 Å². The molecule has 9 nitrogen and oxygen atoms in total. The molecule has 0 aliphatic heterocycles. The second-order valence-electron chi connectivity index (χ2n) is 5.92. The first-order chi connectivity index (χ1) is 13.3. The lowest BCUT2D eigenvalue weighted by Gasteiger charge is -2.10. The molecule has 9 heteroatoms. The molecule has 0 unspecified atom stereocenters. The maximum absolute atomic E-state index is 5.56. The number of fused-ring (bicyclic) bond motifs is 3. The fourth-order valence-electron chi connectivity index (χ4n) is 3.06. The van der Waals surface area contributed by atoms with E-state index >= 15 is 0 Å². The molecule has 0 fully saturated rings. The fraction of sp³-hybridized carbons (Fsp3) is 0.111. The topological polar surface area (TPSA) is 104 Å². The second-order valence-corrected chi connectivity index (χ2v) is 5.92. The Balaban J connectivity index is 1.92. The van der Waals surface area contributed by atoms with Crippen LogP contribution in [0.15, 0.2) is 47.1 Å². The minimum atomic E-state index is 0.483. The highest BCUT2D eigenvalue weighted by Gasteiger charge is 2.21. The summed E-state index contributed by atoms with van der Waals surface area (Å²) in [6.45, 7) is 1.82. The Morgan fingerprint density at radius 3 is 2.70 bits per heavy atom. The monoisotopic (exact) mass is 359 g/mol. The maximum Gasteiger partial charge on any atom is 0.207 e. The van der Waals surface area contributed by atoms with Gasteiger partial charge in [0.2, 0.25) is 5.82 Å². The number of rotatable bonds is 3. The van der Waals surface area contributed by atoms with Gasteiger partial charge < -0.3 is 9.26 Å². The normalized spacial score (nSPS) is 11.3. The fourth-order valence-corrected chi connectivity index (χ4v) is 3.06. The first kappa shape index (κ1) is 15.4. The van der Waals surface area contributed by atoms with Crippen molar-refractivity contribution in [2.75, 3.05) is 7.11 Å². The van der Waals surface area contributed by atoms with E-state index in [1.807, 2.05) is 37.3 Å². The van der Waals surface area contributed by atoms with Gasteiger partial charge >= 0.3 is 0 Å². The Morgan fingerprint density at radius 2 is 1.96 bits per heavy atom. The van der Waals surface area contributed by atoms with Crippen molar-refractivity contribution in [3.8, 4) is 28.7 Å². The van der Waals surface area contributed by atoms with Gasteiger partial charge in [0.05, 0.1) is 12.5 Å². The van der Waals surface area contributed by atoms with Crippen molar-refractivity contribution in [1.82, 2.24) is 35.2 Å². The molecule has 1 aromatic carbocycles. The highest BCUT2D eigenvalue weighted by Crippen LogP contribution is 2.35. The van der Waals surface area contributed by atoms with E-state index in [1.165, 1.54) is 0 Å². The molecule has 0 aliphatic rings. The van der Waals surface area contributed by atoms with Crippen LogP contribution in [-0.4, -0.2) is 42.3 Å². The molecule has 0 bridgehead atoms. The molecule has 0 atom stereocenters. The molecule has 0 saturated heterocycles. The summed E-state index contributed by atoms with van der Waals surface area (Å²) < 4.78 is 12.4. The average molecular weight is 359 g/mol.